The van der Waals surface area contributed by atoms with Gasteiger partial charge in [-0.05, 0) is 55.3 Å². The molecule has 0 saturated carbocycles. The summed E-state index contributed by atoms with van der Waals surface area (Å²) in [5.41, 5.74) is 3.39. The molecule has 7 nitrogen and oxygen atoms in total. The molecule has 1 aliphatic rings. The van der Waals surface area contributed by atoms with Gasteiger partial charge in [-0.2, -0.15) is 10.2 Å². The maximum Gasteiger partial charge on any atom is 0.258 e. The molecule has 0 aliphatic carbocycles. The van der Waals surface area contributed by atoms with E-state index in [2.05, 4.69) is 15.2 Å². The van der Waals surface area contributed by atoms with Gasteiger partial charge in [0, 0.05) is 30.7 Å². The standard InChI is InChI=1S/C27H23FN6O/c28-21-10-2-1-9-20(21)26-25(24-12-4-6-16-34(24)31-26)27(35)33-15-7-8-19(33)18-32-17-13-23(30-32)22-11-3-5-14-29-22/h1-6,9-14,16-17,19H,7-8,15,18H2/t19-/m0/s1. The van der Waals surface area contributed by atoms with Crippen molar-refractivity contribution in [2.45, 2.75) is 25.4 Å². The number of carbonyl (C=O) groups excluding carboxylic acids is 1. The highest BCUT2D eigenvalue weighted by atomic mass is 19.1. The van der Waals surface area contributed by atoms with Crippen molar-refractivity contribution in [2.24, 2.45) is 0 Å². The summed E-state index contributed by atoms with van der Waals surface area (Å²) in [7, 11) is 0. The number of pyridine rings is 2. The first-order valence-corrected chi connectivity index (χ1v) is 11.7. The second-order valence-electron chi connectivity index (χ2n) is 8.67. The molecule has 174 valence electrons. The minimum atomic E-state index is -0.401. The Balaban J connectivity index is 1.33. The number of halogens is 1. The van der Waals surface area contributed by atoms with Gasteiger partial charge in [-0.25, -0.2) is 8.91 Å². The Morgan fingerprint density at radius 1 is 0.943 bits per heavy atom. The number of hydrogen-bond donors (Lipinski definition) is 0. The molecule has 35 heavy (non-hydrogen) atoms. The number of fused-ring (bicyclic) bond motifs is 1. The molecule has 6 rings (SSSR count). The molecule has 5 heterocycles. The van der Waals surface area contributed by atoms with E-state index < -0.39 is 5.82 Å². The van der Waals surface area contributed by atoms with Gasteiger partial charge >= 0.3 is 0 Å². The summed E-state index contributed by atoms with van der Waals surface area (Å²) in [5.74, 6) is -0.537. The number of nitrogens with zero attached hydrogens (tertiary/aromatic N) is 6. The van der Waals surface area contributed by atoms with Crippen LogP contribution in [0.1, 0.15) is 23.2 Å². The summed E-state index contributed by atoms with van der Waals surface area (Å²) in [6.45, 7) is 1.21. The van der Waals surface area contributed by atoms with Crippen LogP contribution in [0.15, 0.2) is 85.3 Å². The molecule has 0 unspecified atom stereocenters. The van der Waals surface area contributed by atoms with Crippen LogP contribution < -0.4 is 0 Å². The van der Waals surface area contributed by atoms with Crippen LogP contribution in [0, 0.1) is 5.82 Å². The van der Waals surface area contributed by atoms with E-state index >= 15 is 0 Å². The van der Waals surface area contributed by atoms with Crippen LogP contribution in [0.2, 0.25) is 0 Å². The van der Waals surface area contributed by atoms with Crippen molar-refractivity contribution in [2.75, 3.05) is 6.54 Å². The van der Waals surface area contributed by atoms with Crippen LogP contribution in [0.5, 0.6) is 0 Å². The number of likely N-dealkylation sites (tertiary alicyclic amines) is 1. The summed E-state index contributed by atoms with van der Waals surface area (Å²) in [6, 6.07) is 19.6. The maximum atomic E-state index is 14.7. The number of benzene rings is 1. The Kier molecular flexibility index (Phi) is 5.33. The number of amides is 1. The Hall–Kier alpha value is -4.33. The second-order valence-corrected chi connectivity index (χ2v) is 8.67. The third-order valence-corrected chi connectivity index (χ3v) is 6.49. The van der Waals surface area contributed by atoms with Gasteiger partial charge in [-0.1, -0.05) is 24.3 Å². The zero-order valence-corrected chi connectivity index (χ0v) is 19.0. The minimum Gasteiger partial charge on any atom is -0.334 e. The number of rotatable bonds is 5. The molecule has 1 aliphatic heterocycles. The van der Waals surface area contributed by atoms with Gasteiger partial charge < -0.3 is 4.90 Å². The van der Waals surface area contributed by atoms with Crippen molar-refractivity contribution >= 4 is 11.4 Å². The van der Waals surface area contributed by atoms with E-state index in [4.69, 9.17) is 0 Å². The summed E-state index contributed by atoms with van der Waals surface area (Å²) in [5, 5.41) is 9.26. The number of carbonyl (C=O) groups is 1. The lowest BCUT2D eigenvalue weighted by Crippen LogP contribution is -2.38. The summed E-state index contributed by atoms with van der Waals surface area (Å²) < 4.78 is 18.3. The van der Waals surface area contributed by atoms with E-state index in [1.54, 1.807) is 35.1 Å². The molecule has 1 aromatic carbocycles. The zero-order valence-electron chi connectivity index (χ0n) is 19.0. The van der Waals surface area contributed by atoms with E-state index in [1.165, 1.54) is 6.07 Å². The summed E-state index contributed by atoms with van der Waals surface area (Å²) in [6.07, 6.45) is 7.22. The number of aromatic nitrogens is 5. The molecular formula is C27H23FN6O. The fourth-order valence-corrected chi connectivity index (χ4v) is 4.82. The Morgan fingerprint density at radius 2 is 1.80 bits per heavy atom. The molecule has 1 fully saturated rings. The van der Waals surface area contributed by atoms with E-state index in [-0.39, 0.29) is 11.9 Å². The van der Waals surface area contributed by atoms with Gasteiger partial charge in [0.05, 0.1) is 29.4 Å². The molecule has 1 saturated heterocycles. The molecular weight excluding hydrogens is 443 g/mol. The molecule has 1 amide bonds. The quantitative estimate of drug-likeness (QED) is 0.376. The molecule has 8 heteroatoms. The van der Waals surface area contributed by atoms with E-state index in [0.717, 1.165) is 24.2 Å². The van der Waals surface area contributed by atoms with E-state index in [0.29, 0.717) is 35.4 Å². The Labute approximate surface area is 201 Å². The van der Waals surface area contributed by atoms with Crippen LogP contribution in [0.4, 0.5) is 4.39 Å². The van der Waals surface area contributed by atoms with Crippen molar-refractivity contribution in [1.82, 2.24) is 29.3 Å². The third kappa shape index (κ3) is 3.86. The maximum absolute atomic E-state index is 14.7. The van der Waals surface area contributed by atoms with Crippen LogP contribution in [0.25, 0.3) is 28.2 Å². The zero-order chi connectivity index (χ0) is 23.8. The molecule has 0 radical (unpaired) electrons. The fraction of sp³-hybridized carbons (Fsp3) is 0.185. The van der Waals surface area contributed by atoms with Crippen LogP contribution in [0.3, 0.4) is 0 Å². The van der Waals surface area contributed by atoms with Gasteiger partial charge in [-0.15, -0.1) is 0 Å². The molecule has 0 bridgehead atoms. The predicted molar refractivity (Wildman–Crippen MR) is 130 cm³/mol. The van der Waals surface area contributed by atoms with Gasteiger partial charge in [0.15, 0.2) is 0 Å². The topological polar surface area (TPSA) is 68.3 Å². The predicted octanol–water partition coefficient (Wildman–Crippen LogP) is 4.70. The first-order valence-electron chi connectivity index (χ1n) is 11.7. The van der Waals surface area contributed by atoms with Crippen molar-refractivity contribution in [3.63, 3.8) is 0 Å². The first kappa shape index (κ1) is 21.2. The van der Waals surface area contributed by atoms with Gasteiger partial charge in [0.1, 0.15) is 17.2 Å². The van der Waals surface area contributed by atoms with Crippen LogP contribution in [-0.4, -0.2) is 47.8 Å². The van der Waals surface area contributed by atoms with Crippen molar-refractivity contribution in [3.05, 3.63) is 96.7 Å². The molecule has 4 aromatic heterocycles. The van der Waals surface area contributed by atoms with Crippen LogP contribution >= 0.6 is 0 Å². The van der Waals surface area contributed by atoms with Crippen molar-refractivity contribution < 1.29 is 9.18 Å². The Morgan fingerprint density at radius 3 is 2.66 bits per heavy atom. The molecule has 0 spiro atoms. The van der Waals surface area contributed by atoms with Crippen LogP contribution in [-0.2, 0) is 6.54 Å². The van der Waals surface area contributed by atoms with Gasteiger partial charge in [0.2, 0.25) is 0 Å². The second kappa shape index (κ2) is 8.79. The lowest BCUT2D eigenvalue weighted by molar-refractivity contribution is 0.0724. The van der Waals surface area contributed by atoms with E-state index in [9.17, 15) is 9.18 Å². The average molecular weight is 467 g/mol. The third-order valence-electron chi connectivity index (χ3n) is 6.49. The van der Waals surface area contributed by atoms with E-state index in [1.807, 2.05) is 58.2 Å². The van der Waals surface area contributed by atoms with Gasteiger partial charge in [0.25, 0.3) is 5.91 Å². The first-order chi connectivity index (χ1) is 17.2. The normalized spacial score (nSPS) is 15.7. The lowest BCUT2D eigenvalue weighted by Gasteiger charge is -2.25. The highest BCUT2D eigenvalue weighted by Crippen LogP contribution is 2.31. The smallest absolute Gasteiger partial charge is 0.258 e. The van der Waals surface area contributed by atoms with Crippen molar-refractivity contribution in [1.29, 1.82) is 0 Å². The summed E-state index contributed by atoms with van der Waals surface area (Å²) >= 11 is 0. The number of hydrogen-bond acceptors (Lipinski definition) is 4. The summed E-state index contributed by atoms with van der Waals surface area (Å²) in [4.78, 5) is 20.2. The molecule has 1 atom stereocenters. The highest BCUT2D eigenvalue weighted by molar-refractivity contribution is 6.06. The SMILES string of the molecule is O=C(c1c(-c2ccccc2F)nn2ccccc12)N1CCC[C@H]1Cn1ccc(-c2ccccn2)n1. The van der Waals surface area contributed by atoms with Gasteiger partial charge in [-0.3, -0.25) is 14.5 Å². The average Bonchev–Trinajstić information content (AvgIpc) is 3.63. The minimum absolute atomic E-state index is 0.0221. The highest BCUT2D eigenvalue weighted by Gasteiger charge is 2.34. The lowest BCUT2D eigenvalue weighted by atomic mass is 10.0. The fourth-order valence-electron chi connectivity index (χ4n) is 4.82. The molecule has 0 N–H and O–H groups in total. The Bertz CT molecular complexity index is 1510. The monoisotopic (exact) mass is 466 g/mol. The largest absolute Gasteiger partial charge is 0.334 e. The molecule has 5 aromatic rings. The van der Waals surface area contributed by atoms with Crippen molar-refractivity contribution in [3.8, 4) is 22.6 Å².